The van der Waals surface area contributed by atoms with Crippen LogP contribution < -0.4 is 5.32 Å². The van der Waals surface area contributed by atoms with Gasteiger partial charge in [-0.15, -0.1) is 0 Å². The second-order valence-corrected chi connectivity index (χ2v) is 3.59. The van der Waals surface area contributed by atoms with E-state index in [1.54, 1.807) is 13.1 Å². The van der Waals surface area contributed by atoms with E-state index in [-0.39, 0.29) is 12.0 Å². The maximum absolute atomic E-state index is 11.5. The third-order valence-corrected chi connectivity index (χ3v) is 2.35. The molecule has 90 valence electrons. The van der Waals surface area contributed by atoms with Crippen molar-refractivity contribution in [3.8, 4) is 0 Å². The Morgan fingerprint density at radius 3 is 3.00 bits per heavy atom. The summed E-state index contributed by atoms with van der Waals surface area (Å²) in [5.41, 5.74) is 0. The monoisotopic (exact) mass is 225 g/mol. The summed E-state index contributed by atoms with van der Waals surface area (Å²) in [5, 5.41) is 2.82. The van der Waals surface area contributed by atoms with Gasteiger partial charge in [-0.2, -0.15) is 0 Å². The van der Waals surface area contributed by atoms with Crippen LogP contribution in [0.3, 0.4) is 0 Å². The van der Waals surface area contributed by atoms with Crippen molar-refractivity contribution in [2.24, 2.45) is 7.05 Å². The molecule has 0 aliphatic heterocycles. The van der Waals surface area contributed by atoms with Gasteiger partial charge in [-0.3, -0.25) is 4.79 Å². The van der Waals surface area contributed by atoms with Crippen molar-refractivity contribution in [2.75, 3.05) is 13.2 Å². The molecule has 5 nitrogen and oxygen atoms in total. The predicted octanol–water partition coefficient (Wildman–Crippen LogP) is 0.504. The molecule has 1 N–H and O–H groups in total. The Kier molecular flexibility index (Phi) is 4.98. The Bertz CT molecular complexity index is 336. The van der Waals surface area contributed by atoms with Crippen LogP contribution in [0.15, 0.2) is 12.4 Å². The standard InChI is InChI=1S/C11H19N3O2/c1-4-16-9(2)11(15)13-6-5-10-12-7-8-14(10)3/h7-9H,4-6H2,1-3H3,(H,13,15)/t9-/m1/s1. The highest BCUT2D eigenvalue weighted by Crippen LogP contribution is 1.95. The summed E-state index contributed by atoms with van der Waals surface area (Å²) in [6.07, 6.45) is 3.99. The van der Waals surface area contributed by atoms with Gasteiger partial charge in [-0.1, -0.05) is 0 Å². The lowest BCUT2D eigenvalue weighted by atomic mass is 10.3. The van der Waals surface area contributed by atoms with Gasteiger partial charge in [-0.05, 0) is 13.8 Å². The van der Waals surface area contributed by atoms with Crippen LogP contribution >= 0.6 is 0 Å². The van der Waals surface area contributed by atoms with Crippen LogP contribution in [0.4, 0.5) is 0 Å². The van der Waals surface area contributed by atoms with Gasteiger partial charge in [0, 0.05) is 39.0 Å². The van der Waals surface area contributed by atoms with Crippen molar-refractivity contribution in [2.45, 2.75) is 26.4 Å². The second kappa shape index (κ2) is 6.27. The summed E-state index contributed by atoms with van der Waals surface area (Å²) in [6, 6.07) is 0. The molecule has 1 aromatic rings. The highest BCUT2D eigenvalue weighted by atomic mass is 16.5. The molecule has 1 rings (SSSR count). The summed E-state index contributed by atoms with van der Waals surface area (Å²) in [5.74, 6) is 0.889. The quantitative estimate of drug-likeness (QED) is 0.767. The fourth-order valence-electron chi connectivity index (χ4n) is 1.40. The zero-order valence-corrected chi connectivity index (χ0v) is 10.1. The SMILES string of the molecule is CCO[C@H](C)C(=O)NCCc1nccn1C. The van der Waals surface area contributed by atoms with Crippen molar-refractivity contribution in [1.82, 2.24) is 14.9 Å². The van der Waals surface area contributed by atoms with Crippen LogP contribution in [0.5, 0.6) is 0 Å². The lowest BCUT2D eigenvalue weighted by molar-refractivity contribution is -0.131. The van der Waals surface area contributed by atoms with Gasteiger partial charge >= 0.3 is 0 Å². The molecule has 0 fully saturated rings. The predicted molar refractivity (Wildman–Crippen MR) is 61.0 cm³/mol. The number of ether oxygens (including phenoxy) is 1. The molecule has 1 aromatic heterocycles. The summed E-state index contributed by atoms with van der Waals surface area (Å²) in [4.78, 5) is 15.7. The molecule has 0 spiro atoms. The van der Waals surface area contributed by atoms with Crippen LogP contribution in [-0.4, -0.2) is 34.7 Å². The highest BCUT2D eigenvalue weighted by Gasteiger charge is 2.11. The Balaban J connectivity index is 2.25. The van der Waals surface area contributed by atoms with E-state index in [0.717, 1.165) is 12.2 Å². The molecule has 0 aliphatic rings. The second-order valence-electron chi connectivity index (χ2n) is 3.59. The van der Waals surface area contributed by atoms with Crippen molar-refractivity contribution in [3.63, 3.8) is 0 Å². The van der Waals surface area contributed by atoms with Gasteiger partial charge in [-0.25, -0.2) is 4.98 Å². The summed E-state index contributed by atoms with van der Waals surface area (Å²) in [7, 11) is 1.94. The number of carbonyl (C=O) groups excluding carboxylic acids is 1. The van der Waals surface area contributed by atoms with Gasteiger partial charge in [0.2, 0.25) is 5.91 Å². The molecule has 16 heavy (non-hydrogen) atoms. The minimum atomic E-state index is -0.383. The number of nitrogens with one attached hydrogen (secondary N) is 1. The zero-order chi connectivity index (χ0) is 12.0. The average Bonchev–Trinajstić information content (AvgIpc) is 2.65. The number of hydrogen-bond acceptors (Lipinski definition) is 3. The highest BCUT2D eigenvalue weighted by molar-refractivity contribution is 5.80. The van der Waals surface area contributed by atoms with Crippen molar-refractivity contribution >= 4 is 5.91 Å². The number of amides is 1. The van der Waals surface area contributed by atoms with E-state index in [1.165, 1.54) is 0 Å². The maximum Gasteiger partial charge on any atom is 0.248 e. The van der Waals surface area contributed by atoms with Crippen LogP contribution in [0.2, 0.25) is 0 Å². The van der Waals surface area contributed by atoms with E-state index in [9.17, 15) is 4.79 Å². The number of aryl methyl sites for hydroxylation is 1. The lowest BCUT2D eigenvalue weighted by Crippen LogP contribution is -2.35. The molecule has 0 aliphatic carbocycles. The largest absolute Gasteiger partial charge is 0.369 e. The van der Waals surface area contributed by atoms with E-state index in [2.05, 4.69) is 10.3 Å². The van der Waals surface area contributed by atoms with Crippen LogP contribution in [0, 0.1) is 0 Å². The van der Waals surface area contributed by atoms with Crippen LogP contribution in [0.25, 0.3) is 0 Å². The molecule has 1 amide bonds. The number of rotatable bonds is 6. The Morgan fingerprint density at radius 1 is 1.69 bits per heavy atom. The Morgan fingerprint density at radius 2 is 2.44 bits per heavy atom. The number of imidazole rings is 1. The molecule has 0 saturated heterocycles. The average molecular weight is 225 g/mol. The molecule has 0 saturated carbocycles. The van der Waals surface area contributed by atoms with Crippen LogP contribution in [0.1, 0.15) is 19.7 Å². The smallest absolute Gasteiger partial charge is 0.248 e. The van der Waals surface area contributed by atoms with E-state index >= 15 is 0 Å². The number of nitrogens with zero attached hydrogens (tertiary/aromatic N) is 2. The topological polar surface area (TPSA) is 56.1 Å². The first-order valence-electron chi connectivity index (χ1n) is 5.50. The van der Waals surface area contributed by atoms with Crippen molar-refractivity contribution in [1.29, 1.82) is 0 Å². The van der Waals surface area contributed by atoms with Crippen LogP contribution in [-0.2, 0) is 23.0 Å². The van der Waals surface area contributed by atoms with Gasteiger partial charge in [0.15, 0.2) is 0 Å². The third kappa shape index (κ3) is 3.66. The van der Waals surface area contributed by atoms with Crippen molar-refractivity contribution in [3.05, 3.63) is 18.2 Å². The number of carbonyl (C=O) groups is 1. The maximum atomic E-state index is 11.5. The summed E-state index contributed by atoms with van der Waals surface area (Å²) < 4.78 is 7.12. The minimum absolute atomic E-state index is 0.0731. The minimum Gasteiger partial charge on any atom is -0.369 e. The zero-order valence-electron chi connectivity index (χ0n) is 10.1. The van der Waals surface area contributed by atoms with Gasteiger partial charge in [0.1, 0.15) is 11.9 Å². The summed E-state index contributed by atoms with van der Waals surface area (Å²) >= 11 is 0. The molecule has 0 radical (unpaired) electrons. The Hall–Kier alpha value is -1.36. The molecular formula is C11H19N3O2. The molecule has 1 heterocycles. The fourth-order valence-corrected chi connectivity index (χ4v) is 1.40. The first kappa shape index (κ1) is 12.7. The Labute approximate surface area is 95.8 Å². The fraction of sp³-hybridized carbons (Fsp3) is 0.636. The first-order chi connectivity index (χ1) is 7.65. The van der Waals surface area contributed by atoms with E-state index in [0.29, 0.717) is 13.2 Å². The number of hydrogen-bond donors (Lipinski definition) is 1. The molecule has 1 atom stereocenters. The van der Waals surface area contributed by atoms with Gasteiger partial charge in [0.05, 0.1) is 0 Å². The number of aromatic nitrogens is 2. The molecule has 0 aromatic carbocycles. The summed E-state index contributed by atoms with van der Waals surface area (Å²) in [6.45, 7) is 4.76. The van der Waals surface area contributed by atoms with E-state index in [1.807, 2.05) is 24.7 Å². The third-order valence-electron chi connectivity index (χ3n) is 2.35. The van der Waals surface area contributed by atoms with E-state index < -0.39 is 0 Å². The van der Waals surface area contributed by atoms with E-state index in [4.69, 9.17) is 4.74 Å². The van der Waals surface area contributed by atoms with Crippen molar-refractivity contribution < 1.29 is 9.53 Å². The lowest BCUT2D eigenvalue weighted by Gasteiger charge is -2.11. The molecule has 0 unspecified atom stereocenters. The molecule has 0 bridgehead atoms. The first-order valence-corrected chi connectivity index (χ1v) is 5.50. The normalized spacial score (nSPS) is 12.4. The van der Waals surface area contributed by atoms with Gasteiger partial charge in [0.25, 0.3) is 0 Å². The van der Waals surface area contributed by atoms with Gasteiger partial charge < -0.3 is 14.6 Å². The molecular weight excluding hydrogens is 206 g/mol. The molecule has 5 heteroatoms.